The third-order valence-electron chi connectivity index (χ3n) is 4.44. The minimum absolute atomic E-state index is 0.321. The standard InChI is InChI=1S/C19H29N3OS/c1-5-6-8-16-18(15-9-12-24-13-15)17(19(20)23)14(2)22(16)11-7-10-21(3)4/h9,12-13H,5-8,10-11H2,1-4H3,(H2,20,23). The van der Waals surface area contributed by atoms with E-state index in [2.05, 4.69) is 47.3 Å². The van der Waals surface area contributed by atoms with Crippen molar-refractivity contribution in [2.75, 3.05) is 20.6 Å². The summed E-state index contributed by atoms with van der Waals surface area (Å²) in [7, 11) is 4.18. The van der Waals surface area contributed by atoms with Crippen LogP contribution >= 0.6 is 11.3 Å². The van der Waals surface area contributed by atoms with Crippen LogP contribution in [0, 0.1) is 6.92 Å². The number of amides is 1. The third-order valence-corrected chi connectivity index (χ3v) is 5.12. The lowest BCUT2D eigenvalue weighted by Crippen LogP contribution is -2.17. The van der Waals surface area contributed by atoms with Gasteiger partial charge in [-0.1, -0.05) is 13.3 Å². The monoisotopic (exact) mass is 347 g/mol. The molecular formula is C19H29N3OS. The van der Waals surface area contributed by atoms with Gasteiger partial charge in [0.1, 0.15) is 0 Å². The van der Waals surface area contributed by atoms with Crippen molar-refractivity contribution in [3.8, 4) is 11.1 Å². The Morgan fingerprint density at radius 2 is 2.08 bits per heavy atom. The molecule has 4 nitrogen and oxygen atoms in total. The van der Waals surface area contributed by atoms with Crippen LogP contribution < -0.4 is 5.73 Å². The molecule has 2 aromatic rings. The SMILES string of the molecule is CCCCc1c(-c2ccsc2)c(C(N)=O)c(C)n1CCCN(C)C. The highest BCUT2D eigenvalue weighted by atomic mass is 32.1. The summed E-state index contributed by atoms with van der Waals surface area (Å²) in [5.74, 6) is -0.321. The molecule has 0 aliphatic carbocycles. The van der Waals surface area contributed by atoms with E-state index < -0.39 is 0 Å². The topological polar surface area (TPSA) is 51.3 Å². The number of carbonyl (C=O) groups is 1. The van der Waals surface area contributed by atoms with Crippen LogP contribution in [0.4, 0.5) is 0 Å². The van der Waals surface area contributed by atoms with Gasteiger partial charge in [-0.05, 0) is 69.2 Å². The molecule has 2 rings (SSSR count). The first-order chi connectivity index (χ1) is 11.5. The zero-order valence-corrected chi connectivity index (χ0v) is 16.1. The first-order valence-corrected chi connectivity index (χ1v) is 9.60. The summed E-state index contributed by atoms with van der Waals surface area (Å²) in [6.45, 7) is 6.19. The van der Waals surface area contributed by atoms with E-state index in [1.807, 2.05) is 6.92 Å². The summed E-state index contributed by atoms with van der Waals surface area (Å²) in [5.41, 5.74) is 10.9. The fourth-order valence-corrected chi connectivity index (χ4v) is 3.92. The first-order valence-electron chi connectivity index (χ1n) is 8.66. The molecule has 0 bridgehead atoms. The zero-order valence-electron chi connectivity index (χ0n) is 15.3. The van der Waals surface area contributed by atoms with Crippen molar-refractivity contribution in [1.29, 1.82) is 0 Å². The van der Waals surface area contributed by atoms with E-state index in [-0.39, 0.29) is 5.91 Å². The highest BCUT2D eigenvalue weighted by Gasteiger charge is 2.24. The van der Waals surface area contributed by atoms with Crippen molar-refractivity contribution in [2.45, 2.75) is 46.1 Å². The highest BCUT2D eigenvalue weighted by molar-refractivity contribution is 7.08. The van der Waals surface area contributed by atoms with Gasteiger partial charge in [0.15, 0.2) is 0 Å². The van der Waals surface area contributed by atoms with E-state index in [1.54, 1.807) is 11.3 Å². The number of nitrogens with zero attached hydrogens (tertiary/aromatic N) is 2. The molecule has 1 amide bonds. The summed E-state index contributed by atoms with van der Waals surface area (Å²) in [6.07, 6.45) is 4.30. The Balaban J connectivity index is 2.51. The van der Waals surface area contributed by atoms with Crippen LogP contribution in [0.1, 0.15) is 47.9 Å². The molecule has 24 heavy (non-hydrogen) atoms. The van der Waals surface area contributed by atoms with Gasteiger partial charge in [-0.2, -0.15) is 11.3 Å². The maximum Gasteiger partial charge on any atom is 0.251 e. The molecule has 2 aromatic heterocycles. The highest BCUT2D eigenvalue weighted by Crippen LogP contribution is 2.35. The van der Waals surface area contributed by atoms with Gasteiger partial charge in [0.25, 0.3) is 5.91 Å². The number of hydrogen-bond acceptors (Lipinski definition) is 3. The molecule has 0 unspecified atom stereocenters. The molecule has 0 saturated heterocycles. The van der Waals surface area contributed by atoms with Crippen molar-refractivity contribution >= 4 is 17.2 Å². The van der Waals surface area contributed by atoms with Crippen LogP contribution in [-0.2, 0) is 13.0 Å². The molecule has 0 radical (unpaired) electrons. The largest absolute Gasteiger partial charge is 0.366 e. The lowest BCUT2D eigenvalue weighted by atomic mass is 10.00. The Bertz CT molecular complexity index is 671. The molecule has 0 aliphatic heterocycles. The predicted molar refractivity (Wildman–Crippen MR) is 103 cm³/mol. The number of nitrogens with two attached hydrogens (primary N) is 1. The molecule has 132 valence electrons. The fraction of sp³-hybridized carbons (Fsp3) is 0.526. The lowest BCUT2D eigenvalue weighted by Gasteiger charge is -2.15. The second-order valence-electron chi connectivity index (χ2n) is 6.57. The van der Waals surface area contributed by atoms with E-state index in [0.29, 0.717) is 5.56 Å². The van der Waals surface area contributed by atoms with E-state index >= 15 is 0 Å². The number of thiophene rings is 1. The van der Waals surface area contributed by atoms with E-state index in [1.165, 1.54) is 5.69 Å². The Morgan fingerprint density at radius 1 is 1.33 bits per heavy atom. The second kappa shape index (κ2) is 8.49. The summed E-state index contributed by atoms with van der Waals surface area (Å²) in [5, 5.41) is 4.17. The molecule has 0 aliphatic rings. The van der Waals surface area contributed by atoms with Crippen LogP contribution in [0.3, 0.4) is 0 Å². The zero-order chi connectivity index (χ0) is 17.7. The van der Waals surface area contributed by atoms with Crippen molar-refractivity contribution < 1.29 is 4.79 Å². The maximum atomic E-state index is 12.2. The van der Waals surface area contributed by atoms with Gasteiger partial charge in [0.05, 0.1) is 5.56 Å². The molecule has 0 spiro atoms. The van der Waals surface area contributed by atoms with Crippen LogP contribution in [0.25, 0.3) is 11.1 Å². The van der Waals surface area contributed by atoms with Crippen LogP contribution in [-0.4, -0.2) is 36.0 Å². The van der Waals surface area contributed by atoms with Gasteiger partial charge >= 0.3 is 0 Å². The van der Waals surface area contributed by atoms with Crippen molar-refractivity contribution in [3.63, 3.8) is 0 Å². The average molecular weight is 348 g/mol. The number of rotatable bonds is 9. The predicted octanol–water partition coefficient (Wildman–Crippen LogP) is 3.92. The van der Waals surface area contributed by atoms with Gasteiger partial charge < -0.3 is 15.2 Å². The van der Waals surface area contributed by atoms with Gasteiger partial charge in [-0.3, -0.25) is 4.79 Å². The summed E-state index contributed by atoms with van der Waals surface area (Å²) < 4.78 is 2.33. The molecular weight excluding hydrogens is 318 g/mol. The Kier molecular flexibility index (Phi) is 6.63. The Hall–Kier alpha value is -1.59. The maximum absolute atomic E-state index is 12.2. The van der Waals surface area contributed by atoms with Crippen LogP contribution in [0.15, 0.2) is 16.8 Å². The van der Waals surface area contributed by atoms with Gasteiger partial charge in [-0.15, -0.1) is 0 Å². The number of aromatic nitrogens is 1. The van der Waals surface area contributed by atoms with E-state index in [0.717, 1.165) is 55.6 Å². The molecule has 0 saturated carbocycles. The number of primary amides is 1. The minimum atomic E-state index is -0.321. The number of hydrogen-bond donors (Lipinski definition) is 1. The number of unbranched alkanes of at least 4 members (excludes halogenated alkanes) is 1. The molecule has 0 atom stereocenters. The molecule has 0 aromatic carbocycles. The fourth-order valence-electron chi connectivity index (χ4n) is 3.27. The molecule has 2 N–H and O–H groups in total. The second-order valence-corrected chi connectivity index (χ2v) is 7.35. The Morgan fingerprint density at radius 3 is 2.62 bits per heavy atom. The molecule has 5 heteroatoms. The summed E-state index contributed by atoms with van der Waals surface area (Å²) in [6, 6.07) is 2.09. The van der Waals surface area contributed by atoms with Gasteiger partial charge in [0, 0.05) is 23.5 Å². The number of carbonyl (C=O) groups excluding carboxylic acids is 1. The minimum Gasteiger partial charge on any atom is -0.366 e. The Labute approximate surface area is 149 Å². The smallest absolute Gasteiger partial charge is 0.251 e. The summed E-state index contributed by atoms with van der Waals surface area (Å²) >= 11 is 1.66. The lowest BCUT2D eigenvalue weighted by molar-refractivity contribution is 0.1000. The van der Waals surface area contributed by atoms with Crippen molar-refractivity contribution in [3.05, 3.63) is 33.8 Å². The molecule has 2 heterocycles. The van der Waals surface area contributed by atoms with Crippen LogP contribution in [0.5, 0.6) is 0 Å². The van der Waals surface area contributed by atoms with Gasteiger partial charge in [-0.25, -0.2) is 0 Å². The van der Waals surface area contributed by atoms with E-state index in [9.17, 15) is 4.79 Å². The van der Waals surface area contributed by atoms with Crippen molar-refractivity contribution in [2.24, 2.45) is 5.73 Å². The van der Waals surface area contributed by atoms with Crippen molar-refractivity contribution in [1.82, 2.24) is 9.47 Å². The normalized spacial score (nSPS) is 11.4. The summed E-state index contributed by atoms with van der Waals surface area (Å²) in [4.78, 5) is 14.4. The molecule has 0 fully saturated rings. The quantitative estimate of drug-likeness (QED) is 0.747. The first kappa shape index (κ1) is 18.7. The van der Waals surface area contributed by atoms with E-state index in [4.69, 9.17) is 5.73 Å². The third kappa shape index (κ3) is 4.08. The average Bonchev–Trinajstić information content (AvgIpc) is 3.12. The van der Waals surface area contributed by atoms with Gasteiger partial charge in [0.2, 0.25) is 0 Å². The van der Waals surface area contributed by atoms with Crippen LogP contribution in [0.2, 0.25) is 0 Å².